The summed E-state index contributed by atoms with van der Waals surface area (Å²) >= 11 is 0. The van der Waals surface area contributed by atoms with Crippen molar-refractivity contribution < 1.29 is 15.0 Å². The van der Waals surface area contributed by atoms with E-state index in [2.05, 4.69) is 6.92 Å². The summed E-state index contributed by atoms with van der Waals surface area (Å²) in [5.74, 6) is -0.966. The summed E-state index contributed by atoms with van der Waals surface area (Å²) in [4.78, 5) is 10.3. The van der Waals surface area contributed by atoms with E-state index in [1.54, 1.807) is 6.92 Å². The molecule has 0 radical (unpaired) electrons. The zero-order valence-electron chi connectivity index (χ0n) is 7.79. The molecule has 0 heterocycles. The van der Waals surface area contributed by atoms with Crippen LogP contribution in [0.4, 0.5) is 0 Å². The number of carboxylic acids is 1. The van der Waals surface area contributed by atoms with Gasteiger partial charge in [-0.25, -0.2) is 0 Å². The molecule has 0 bridgehead atoms. The number of hydrogen-bond donors (Lipinski definition) is 2. The Balaban J connectivity index is 3.60. The number of hydrogen-bond acceptors (Lipinski definition) is 2. The maximum Gasteiger partial charge on any atom is 0.303 e. The summed E-state index contributed by atoms with van der Waals surface area (Å²) in [6.07, 6.45) is 2.32. The van der Waals surface area contributed by atoms with Gasteiger partial charge < -0.3 is 10.2 Å². The van der Waals surface area contributed by atoms with Crippen molar-refractivity contribution in [3.63, 3.8) is 0 Å². The average Bonchev–Trinajstić information content (AvgIpc) is 1.98. The molecular formula is C9H18O3. The Kier molecular flexibility index (Phi) is 5.72. The molecule has 0 spiro atoms. The molecule has 2 N–H and O–H groups in total. The van der Waals surface area contributed by atoms with Gasteiger partial charge in [0.1, 0.15) is 0 Å². The summed E-state index contributed by atoms with van der Waals surface area (Å²) in [7, 11) is 0. The van der Waals surface area contributed by atoms with E-state index in [-0.39, 0.29) is 12.3 Å². The van der Waals surface area contributed by atoms with E-state index in [4.69, 9.17) is 5.11 Å². The smallest absolute Gasteiger partial charge is 0.303 e. The third-order valence-electron chi connectivity index (χ3n) is 2.01. The lowest BCUT2D eigenvalue weighted by Gasteiger charge is -2.16. The van der Waals surface area contributed by atoms with E-state index in [1.807, 2.05) is 0 Å². The number of carboxylic acid groups (broad SMARTS) is 1. The number of carbonyl (C=O) groups is 1. The summed E-state index contributed by atoms with van der Waals surface area (Å²) in [5, 5.41) is 17.9. The summed E-state index contributed by atoms with van der Waals surface area (Å²) < 4.78 is 0. The van der Waals surface area contributed by atoms with E-state index in [9.17, 15) is 9.90 Å². The molecule has 1 unspecified atom stereocenters. The van der Waals surface area contributed by atoms with Crippen molar-refractivity contribution in [1.29, 1.82) is 0 Å². The molecule has 0 saturated heterocycles. The normalized spacial score (nSPS) is 15.6. The lowest BCUT2D eigenvalue weighted by molar-refractivity contribution is -0.139. The quantitative estimate of drug-likeness (QED) is 0.643. The Morgan fingerprint density at radius 1 is 1.50 bits per heavy atom. The van der Waals surface area contributed by atoms with Gasteiger partial charge in [-0.3, -0.25) is 4.79 Å². The van der Waals surface area contributed by atoms with Crippen molar-refractivity contribution in [2.24, 2.45) is 5.92 Å². The molecule has 3 nitrogen and oxygen atoms in total. The SMILES string of the molecule is CCCC[C@@H](O)C(C)CC(=O)O. The van der Waals surface area contributed by atoms with Crippen LogP contribution < -0.4 is 0 Å². The van der Waals surface area contributed by atoms with Crippen LogP contribution in [0, 0.1) is 5.92 Å². The maximum atomic E-state index is 10.3. The van der Waals surface area contributed by atoms with Gasteiger partial charge in [-0.2, -0.15) is 0 Å². The highest BCUT2D eigenvalue weighted by atomic mass is 16.4. The number of aliphatic hydroxyl groups is 1. The van der Waals surface area contributed by atoms with Crippen LogP contribution in [-0.2, 0) is 4.79 Å². The molecule has 0 aromatic rings. The number of rotatable bonds is 6. The van der Waals surface area contributed by atoms with Gasteiger partial charge in [0.25, 0.3) is 0 Å². The highest BCUT2D eigenvalue weighted by molar-refractivity contribution is 5.67. The topological polar surface area (TPSA) is 57.5 Å². The Morgan fingerprint density at radius 2 is 2.08 bits per heavy atom. The summed E-state index contributed by atoms with van der Waals surface area (Å²) in [5.41, 5.74) is 0. The van der Waals surface area contributed by atoms with Gasteiger partial charge in [0.05, 0.1) is 12.5 Å². The fourth-order valence-electron chi connectivity index (χ4n) is 1.11. The minimum absolute atomic E-state index is 0.0604. The van der Waals surface area contributed by atoms with Crippen LogP contribution in [0.2, 0.25) is 0 Å². The van der Waals surface area contributed by atoms with E-state index in [0.29, 0.717) is 6.42 Å². The monoisotopic (exact) mass is 174 g/mol. The molecule has 0 rings (SSSR count). The van der Waals surface area contributed by atoms with E-state index in [0.717, 1.165) is 12.8 Å². The number of aliphatic carboxylic acids is 1. The molecule has 0 aromatic heterocycles. The first-order valence-corrected chi connectivity index (χ1v) is 4.47. The molecule has 0 saturated carbocycles. The van der Waals surface area contributed by atoms with Gasteiger partial charge in [0, 0.05) is 0 Å². The first-order valence-electron chi connectivity index (χ1n) is 4.47. The molecule has 72 valence electrons. The second-order valence-corrected chi connectivity index (χ2v) is 3.28. The van der Waals surface area contributed by atoms with Crippen molar-refractivity contribution >= 4 is 5.97 Å². The van der Waals surface area contributed by atoms with Crippen LogP contribution in [0.5, 0.6) is 0 Å². The first kappa shape index (κ1) is 11.4. The van der Waals surface area contributed by atoms with Gasteiger partial charge in [-0.1, -0.05) is 26.7 Å². The number of unbranched alkanes of at least 4 members (excludes halogenated alkanes) is 1. The third kappa shape index (κ3) is 5.13. The van der Waals surface area contributed by atoms with Gasteiger partial charge >= 0.3 is 5.97 Å². The minimum Gasteiger partial charge on any atom is -0.481 e. The Hall–Kier alpha value is -0.570. The van der Waals surface area contributed by atoms with Gasteiger partial charge in [0.15, 0.2) is 0 Å². The zero-order valence-corrected chi connectivity index (χ0v) is 7.79. The molecule has 0 aromatic carbocycles. The highest BCUT2D eigenvalue weighted by Gasteiger charge is 2.16. The predicted molar refractivity (Wildman–Crippen MR) is 46.9 cm³/mol. The Labute approximate surface area is 73.4 Å². The van der Waals surface area contributed by atoms with Crippen LogP contribution in [0.15, 0.2) is 0 Å². The van der Waals surface area contributed by atoms with E-state index in [1.165, 1.54) is 0 Å². The zero-order chi connectivity index (χ0) is 9.56. The lowest BCUT2D eigenvalue weighted by atomic mass is 9.97. The van der Waals surface area contributed by atoms with Gasteiger partial charge in [-0.05, 0) is 12.3 Å². The summed E-state index contributed by atoms with van der Waals surface area (Å²) in [6.45, 7) is 3.82. The van der Waals surface area contributed by atoms with E-state index < -0.39 is 12.1 Å². The molecule has 0 aliphatic rings. The second kappa shape index (κ2) is 6.00. The molecule has 3 heteroatoms. The molecule has 12 heavy (non-hydrogen) atoms. The van der Waals surface area contributed by atoms with Crippen molar-refractivity contribution in [3.8, 4) is 0 Å². The van der Waals surface area contributed by atoms with Crippen LogP contribution in [0.25, 0.3) is 0 Å². The van der Waals surface area contributed by atoms with Crippen LogP contribution >= 0.6 is 0 Å². The Morgan fingerprint density at radius 3 is 2.50 bits per heavy atom. The standard InChI is InChI=1S/C9H18O3/c1-3-4-5-8(10)7(2)6-9(11)12/h7-8,10H,3-6H2,1-2H3,(H,11,12)/t7?,8-/m1/s1. The van der Waals surface area contributed by atoms with Crippen molar-refractivity contribution in [2.75, 3.05) is 0 Å². The molecule has 2 atom stereocenters. The third-order valence-corrected chi connectivity index (χ3v) is 2.01. The molecular weight excluding hydrogens is 156 g/mol. The van der Waals surface area contributed by atoms with Gasteiger partial charge in [0.2, 0.25) is 0 Å². The predicted octanol–water partition coefficient (Wildman–Crippen LogP) is 1.65. The average molecular weight is 174 g/mol. The van der Waals surface area contributed by atoms with E-state index >= 15 is 0 Å². The number of aliphatic hydroxyl groups excluding tert-OH is 1. The Bertz CT molecular complexity index is 134. The molecule has 0 amide bonds. The fraction of sp³-hybridized carbons (Fsp3) is 0.889. The van der Waals surface area contributed by atoms with Crippen LogP contribution in [0.3, 0.4) is 0 Å². The second-order valence-electron chi connectivity index (χ2n) is 3.28. The van der Waals surface area contributed by atoms with Crippen molar-refractivity contribution in [1.82, 2.24) is 0 Å². The van der Waals surface area contributed by atoms with Crippen molar-refractivity contribution in [3.05, 3.63) is 0 Å². The van der Waals surface area contributed by atoms with Crippen LogP contribution in [-0.4, -0.2) is 22.3 Å². The molecule has 0 aliphatic carbocycles. The summed E-state index contributed by atoms with van der Waals surface area (Å²) in [6, 6.07) is 0. The maximum absolute atomic E-state index is 10.3. The first-order chi connectivity index (χ1) is 5.57. The molecule has 0 aliphatic heterocycles. The van der Waals surface area contributed by atoms with Gasteiger partial charge in [-0.15, -0.1) is 0 Å². The fourth-order valence-corrected chi connectivity index (χ4v) is 1.11. The van der Waals surface area contributed by atoms with Crippen molar-refractivity contribution in [2.45, 2.75) is 45.6 Å². The minimum atomic E-state index is -0.835. The molecule has 0 fully saturated rings. The highest BCUT2D eigenvalue weighted by Crippen LogP contribution is 2.13. The largest absolute Gasteiger partial charge is 0.481 e. The van der Waals surface area contributed by atoms with Crippen LogP contribution in [0.1, 0.15) is 39.5 Å². The lowest BCUT2D eigenvalue weighted by Crippen LogP contribution is -2.20.